The number of rotatable bonds is 8. The Labute approximate surface area is 141 Å². The molecule has 0 aliphatic carbocycles. The van der Waals surface area contributed by atoms with E-state index in [2.05, 4.69) is 5.32 Å². The molecule has 2 N–H and O–H groups in total. The Morgan fingerprint density at radius 2 is 1.62 bits per heavy atom. The summed E-state index contributed by atoms with van der Waals surface area (Å²) in [6.45, 7) is 2.15. The van der Waals surface area contributed by atoms with Gasteiger partial charge in [0.25, 0.3) is 0 Å². The SMILES string of the molecule is CC(CCOc1ccccc1)C(=O)NC(C(=O)O)c1ccccc1. The molecular weight excluding hydrogens is 306 g/mol. The lowest BCUT2D eigenvalue weighted by Crippen LogP contribution is -2.37. The summed E-state index contributed by atoms with van der Waals surface area (Å²) in [4.78, 5) is 23.7. The highest BCUT2D eigenvalue weighted by atomic mass is 16.5. The molecule has 2 unspecified atom stereocenters. The van der Waals surface area contributed by atoms with Crippen LogP contribution in [0, 0.1) is 5.92 Å². The molecule has 2 aromatic rings. The van der Waals surface area contributed by atoms with Crippen LogP contribution in [0.3, 0.4) is 0 Å². The second-order valence-corrected chi connectivity index (χ2v) is 5.54. The summed E-state index contributed by atoms with van der Waals surface area (Å²) in [6, 6.07) is 17.0. The van der Waals surface area contributed by atoms with Gasteiger partial charge in [0.05, 0.1) is 6.61 Å². The van der Waals surface area contributed by atoms with Gasteiger partial charge in [0.15, 0.2) is 6.04 Å². The van der Waals surface area contributed by atoms with E-state index in [1.54, 1.807) is 37.3 Å². The second-order valence-electron chi connectivity index (χ2n) is 5.54. The average Bonchev–Trinajstić information content (AvgIpc) is 2.60. The number of carbonyl (C=O) groups excluding carboxylic acids is 1. The molecule has 2 aromatic carbocycles. The molecule has 0 aliphatic rings. The molecule has 0 fully saturated rings. The van der Waals surface area contributed by atoms with Gasteiger partial charge in [-0.3, -0.25) is 4.79 Å². The van der Waals surface area contributed by atoms with Gasteiger partial charge in [-0.05, 0) is 24.1 Å². The van der Waals surface area contributed by atoms with Crippen molar-refractivity contribution in [3.8, 4) is 5.75 Å². The van der Waals surface area contributed by atoms with Crippen molar-refractivity contribution < 1.29 is 19.4 Å². The maximum atomic E-state index is 12.2. The zero-order valence-electron chi connectivity index (χ0n) is 13.5. The Morgan fingerprint density at radius 3 is 2.21 bits per heavy atom. The average molecular weight is 327 g/mol. The molecule has 0 aromatic heterocycles. The Balaban J connectivity index is 1.86. The molecule has 5 heteroatoms. The Bertz CT molecular complexity index is 658. The molecule has 0 heterocycles. The van der Waals surface area contributed by atoms with E-state index in [0.29, 0.717) is 18.6 Å². The van der Waals surface area contributed by atoms with Gasteiger partial charge in [0, 0.05) is 5.92 Å². The fraction of sp³-hybridized carbons (Fsp3) is 0.263. The Kier molecular flexibility index (Phi) is 6.37. The molecule has 5 nitrogen and oxygen atoms in total. The van der Waals surface area contributed by atoms with E-state index in [9.17, 15) is 14.7 Å². The summed E-state index contributed by atoms with van der Waals surface area (Å²) < 4.78 is 5.57. The highest BCUT2D eigenvalue weighted by Gasteiger charge is 2.24. The molecule has 0 saturated carbocycles. The van der Waals surface area contributed by atoms with Gasteiger partial charge in [-0.2, -0.15) is 0 Å². The minimum Gasteiger partial charge on any atom is -0.494 e. The van der Waals surface area contributed by atoms with Crippen LogP contribution in [0.2, 0.25) is 0 Å². The number of hydrogen-bond acceptors (Lipinski definition) is 3. The van der Waals surface area contributed by atoms with Crippen molar-refractivity contribution in [3.05, 3.63) is 66.2 Å². The predicted octanol–water partition coefficient (Wildman–Crippen LogP) is 3.03. The number of amides is 1. The molecular formula is C19H21NO4. The highest BCUT2D eigenvalue weighted by molar-refractivity contribution is 5.85. The van der Waals surface area contributed by atoms with Crippen molar-refractivity contribution in [1.82, 2.24) is 5.32 Å². The number of benzene rings is 2. The zero-order chi connectivity index (χ0) is 17.4. The van der Waals surface area contributed by atoms with Crippen LogP contribution in [0.25, 0.3) is 0 Å². The van der Waals surface area contributed by atoms with Gasteiger partial charge < -0.3 is 15.2 Å². The third-order valence-corrected chi connectivity index (χ3v) is 3.68. The normalized spacial score (nSPS) is 12.9. The Hall–Kier alpha value is -2.82. The fourth-order valence-electron chi connectivity index (χ4n) is 2.22. The van der Waals surface area contributed by atoms with Crippen molar-refractivity contribution >= 4 is 11.9 Å². The third kappa shape index (κ3) is 5.12. The largest absolute Gasteiger partial charge is 0.494 e. The van der Waals surface area contributed by atoms with Gasteiger partial charge in [0.1, 0.15) is 5.75 Å². The maximum Gasteiger partial charge on any atom is 0.330 e. The first-order valence-electron chi connectivity index (χ1n) is 7.84. The molecule has 1 amide bonds. The summed E-state index contributed by atoms with van der Waals surface area (Å²) >= 11 is 0. The molecule has 0 aliphatic heterocycles. The molecule has 2 rings (SSSR count). The van der Waals surface area contributed by atoms with Gasteiger partial charge >= 0.3 is 5.97 Å². The number of carbonyl (C=O) groups is 2. The van der Waals surface area contributed by atoms with Crippen molar-refractivity contribution in [1.29, 1.82) is 0 Å². The molecule has 0 spiro atoms. The summed E-state index contributed by atoms with van der Waals surface area (Å²) in [5.74, 6) is -0.984. The number of carboxylic acid groups (broad SMARTS) is 1. The van der Waals surface area contributed by atoms with Crippen LogP contribution in [-0.2, 0) is 9.59 Å². The topological polar surface area (TPSA) is 75.6 Å². The molecule has 24 heavy (non-hydrogen) atoms. The van der Waals surface area contributed by atoms with Gasteiger partial charge in [-0.15, -0.1) is 0 Å². The lowest BCUT2D eigenvalue weighted by Gasteiger charge is -2.18. The summed E-state index contributed by atoms with van der Waals surface area (Å²) in [5.41, 5.74) is 0.547. The van der Waals surface area contributed by atoms with Gasteiger partial charge in [-0.1, -0.05) is 55.5 Å². The number of ether oxygens (including phenoxy) is 1. The quantitative estimate of drug-likeness (QED) is 0.781. The van der Waals surface area contributed by atoms with Crippen molar-refractivity contribution in [2.24, 2.45) is 5.92 Å². The zero-order valence-corrected chi connectivity index (χ0v) is 13.5. The van der Waals surface area contributed by atoms with E-state index in [4.69, 9.17) is 4.74 Å². The van der Waals surface area contributed by atoms with E-state index in [0.717, 1.165) is 5.75 Å². The van der Waals surface area contributed by atoms with E-state index in [1.165, 1.54) is 0 Å². The number of aliphatic carboxylic acids is 1. The van der Waals surface area contributed by atoms with E-state index in [-0.39, 0.29) is 11.8 Å². The van der Waals surface area contributed by atoms with Crippen molar-refractivity contribution in [3.63, 3.8) is 0 Å². The third-order valence-electron chi connectivity index (χ3n) is 3.68. The fourth-order valence-corrected chi connectivity index (χ4v) is 2.22. The maximum absolute atomic E-state index is 12.2. The molecule has 0 radical (unpaired) electrons. The first-order chi connectivity index (χ1) is 11.6. The summed E-state index contributed by atoms with van der Waals surface area (Å²) in [7, 11) is 0. The summed E-state index contributed by atoms with van der Waals surface area (Å²) in [5, 5.41) is 11.9. The number of carboxylic acids is 1. The molecule has 2 atom stereocenters. The molecule has 0 bridgehead atoms. The Morgan fingerprint density at radius 1 is 1.04 bits per heavy atom. The minimum atomic E-state index is -1.08. The van der Waals surface area contributed by atoms with Crippen LogP contribution in [0.5, 0.6) is 5.75 Å². The highest BCUT2D eigenvalue weighted by Crippen LogP contribution is 2.15. The van der Waals surface area contributed by atoms with Crippen LogP contribution < -0.4 is 10.1 Å². The minimum absolute atomic E-state index is 0.303. The number of nitrogens with one attached hydrogen (secondary N) is 1. The first kappa shape index (κ1) is 17.5. The van der Waals surface area contributed by atoms with Crippen LogP contribution in [0.4, 0.5) is 0 Å². The van der Waals surface area contributed by atoms with Crippen LogP contribution in [0.15, 0.2) is 60.7 Å². The van der Waals surface area contributed by atoms with Gasteiger partial charge in [0.2, 0.25) is 5.91 Å². The monoisotopic (exact) mass is 327 g/mol. The van der Waals surface area contributed by atoms with E-state index in [1.807, 2.05) is 30.3 Å². The first-order valence-corrected chi connectivity index (χ1v) is 7.84. The second kappa shape index (κ2) is 8.72. The predicted molar refractivity (Wildman–Crippen MR) is 90.7 cm³/mol. The lowest BCUT2D eigenvalue weighted by molar-refractivity contribution is -0.142. The van der Waals surface area contributed by atoms with E-state index < -0.39 is 12.0 Å². The molecule has 0 saturated heterocycles. The van der Waals surface area contributed by atoms with Crippen LogP contribution >= 0.6 is 0 Å². The molecule has 126 valence electrons. The van der Waals surface area contributed by atoms with Crippen LogP contribution in [0.1, 0.15) is 24.9 Å². The summed E-state index contributed by atoms with van der Waals surface area (Å²) in [6.07, 6.45) is 0.502. The van der Waals surface area contributed by atoms with Crippen molar-refractivity contribution in [2.75, 3.05) is 6.61 Å². The van der Waals surface area contributed by atoms with Crippen LogP contribution in [-0.4, -0.2) is 23.6 Å². The van der Waals surface area contributed by atoms with Crippen molar-refractivity contribution in [2.45, 2.75) is 19.4 Å². The smallest absolute Gasteiger partial charge is 0.330 e. The number of hydrogen-bond donors (Lipinski definition) is 2. The number of para-hydroxylation sites is 1. The standard InChI is InChI=1S/C19H21NO4/c1-14(12-13-24-16-10-6-3-7-11-16)18(21)20-17(19(22)23)15-8-4-2-5-9-15/h2-11,14,17H,12-13H2,1H3,(H,20,21)(H,22,23). The van der Waals surface area contributed by atoms with E-state index >= 15 is 0 Å². The lowest BCUT2D eigenvalue weighted by atomic mass is 10.0. The van der Waals surface area contributed by atoms with Gasteiger partial charge in [-0.25, -0.2) is 4.79 Å².